The Balaban J connectivity index is 2.59. The number of hydrogen-bond acceptors (Lipinski definition) is 4. The van der Waals surface area contributed by atoms with E-state index in [4.69, 9.17) is 10.8 Å². The van der Waals surface area contributed by atoms with E-state index in [2.05, 4.69) is 9.68 Å². The zero-order valence-corrected chi connectivity index (χ0v) is 7.68. The summed E-state index contributed by atoms with van der Waals surface area (Å²) in [6.45, 7) is 0. The van der Waals surface area contributed by atoms with Crippen LogP contribution in [0.4, 0.5) is 5.88 Å². The molecule has 0 amide bonds. The van der Waals surface area contributed by atoms with E-state index < -0.39 is 5.97 Å². The maximum atomic E-state index is 10.9. The average molecular weight is 204 g/mol. The van der Waals surface area contributed by atoms with E-state index in [1.807, 2.05) is 6.07 Å². The van der Waals surface area contributed by atoms with Gasteiger partial charge in [0.1, 0.15) is 5.69 Å². The zero-order chi connectivity index (χ0) is 10.8. The summed E-state index contributed by atoms with van der Waals surface area (Å²) in [7, 11) is 0. The van der Waals surface area contributed by atoms with Crippen LogP contribution in [0.1, 0.15) is 10.4 Å². The van der Waals surface area contributed by atoms with Crippen molar-refractivity contribution in [1.82, 2.24) is 5.16 Å². The van der Waals surface area contributed by atoms with Crippen LogP contribution in [-0.4, -0.2) is 16.2 Å². The monoisotopic (exact) mass is 204 g/mol. The summed E-state index contributed by atoms with van der Waals surface area (Å²) in [5.74, 6) is -1.33. The first-order chi connectivity index (χ1) is 7.20. The van der Waals surface area contributed by atoms with Gasteiger partial charge in [0, 0.05) is 5.56 Å². The number of benzene rings is 1. The van der Waals surface area contributed by atoms with Crippen molar-refractivity contribution in [1.29, 1.82) is 0 Å². The lowest BCUT2D eigenvalue weighted by atomic mass is 10.1. The number of anilines is 1. The molecule has 1 aromatic carbocycles. The number of carboxylic acid groups (broad SMARTS) is 1. The van der Waals surface area contributed by atoms with Crippen molar-refractivity contribution >= 4 is 11.9 Å². The Bertz CT molecular complexity index is 491. The van der Waals surface area contributed by atoms with Gasteiger partial charge in [0.2, 0.25) is 5.88 Å². The molecule has 0 saturated heterocycles. The summed E-state index contributed by atoms with van der Waals surface area (Å²) in [6, 6.07) is 8.87. The van der Waals surface area contributed by atoms with Gasteiger partial charge in [0.05, 0.1) is 0 Å². The lowest BCUT2D eigenvalue weighted by molar-refractivity contribution is 0.0698. The summed E-state index contributed by atoms with van der Waals surface area (Å²) in [5, 5.41) is 12.5. The molecule has 0 fully saturated rings. The predicted octanol–water partition coefficient (Wildman–Crippen LogP) is 1.62. The van der Waals surface area contributed by atoms with Crippen molar-refractivity contribution in [3.8, 4) is 11.3 Å². The van der Waals surface area contributed by atoms with Gasteiger partial charge < -0.3 is 15.4 Å². The average Bonchev–Trinajstić information content (AvgIpc) is 2.61. The molecule has 5 heteroatoms. The number of rotatable bonds is 2. The molecule has 0 radical (unpaired) electrons. The van der Waals surface area contributed by atoms with Crippen molar-refractivity contribution in [2.45, 2.75) is 0 Å². The molecule has 76 valence electrons. The molecule has 1 heterocycles. The molecule has 2 rings (SSSR count). The van der Waals surface area contributed by atoms with Crippen LogP contribution >= 0.6 is 0 Å². The number of aromatic nitrogens is 1. The highest BCUT2D eigenvalue weighted by atomic mass is 16.5. The third kappa shape index (κ3) is 1.54. The zero-order valence-electron chi connectivity index (χ0n) is 7.68. The van der Waals surface area contributed by atoms with Crippen molar-refractivity contribution in [3.63, 3.8) is 0 Å². The summed E-state index contributed by atoms with van der Waals surface area (Å²) in [5.41, 5.74) is 6.19. The van der Waals surface area contributed by atoms with Crippen LogP contribution in [0.25, 0.3) is 11.3 Å². The Hall–Kier alpha value is -2.30. The van der Waals surface area contributed by atoms with Crippen LogP contribution in [0.3, 0.4) is 0 Å². The molecule has 5 nitrogen and oxygen atoms in total. The Kier molecular flexibility index (Phi) is 2.13. The number of nitrogens with two attached hydrogens (primary N) is 1. The normalized spacial score (nSPS) is 10.1. The molecule has 0 aliphatic carbocycles. The van der Waals surface area contributed by atoms with E-state index in [9.17, 15) is 4.79 Å². The van der Waals surface area contributed by atoms with Gasteiger partial charge >= 0.3 is 5.97 Å². The predicted molar refractivity (Wildman–Crippen MR) is 53.3 cm³/mol. The molecule has 0 unspecified atom stereocenters. The quantitative estimate of drug-likeness (QED) is 0.775. The van der Waals surface area contributed by atoms with Crippen molar-refractivity contribution in [2.75, 3.05) is 5.73 Å². The van der Waals surface area contributed by atoms with E-state index >= 15 is 0 Å². The van der Waals surface area contributed by atoms with Crippen LogP contribution in [0.5, 0.6) is 0 Å². The number of nitrogen functional groups attached to an aromatic ring is 1. The first-order valence-electron chi connectivity index (χ1n) is 4.24. The number of nitrogens with zero attached hydrogens (tertiary/aromatic N) is 1. The van der Waals surface area contributed by atoms with E-state index in [1.54, 1.807) is 24.3 Å². The second-order valence-corrected chi connectivity index (χ2v) is 2.94. The maximum absolute atomic E-state index is 10.9. The fourth-order valence-electron chi connectivity index (χ4n) is 1.30. The Morgan fingerprint density at radius 1 is 1.33 bits per heavy atom. The number of hydrogen-bond donors (Lipinski definition) is 2. The van der Waals surface area contributed by atoms with Crippen molar-refractivity contribution in [2.24, 2.45) is 0 Å². The lowest BCUT2D eigenvalue weighted by Crippen LogP contribution is -2.00. The summed E-state index contributed by atoms with van der Waals surface area (Å²) >= 11 is 0. The van der Waals surface area contributed by atoms with Gasteiger partial charge in [-0.05, 0) is 0 Å². The minimum absolute atomic E-state index is 0.0961. The number of carboxylic acids is 1. The van der Waals surface area contributed by atoms with Gasteiger partial charge in [-0.15, -0.1) is 0 Å². The lowest BCUT2D eigenvalue weighted by Gasteiger charge is -1.96. The minimum Gasteiger partial charge on any atom is -0.477 e. The molecule has 2 aromatic rings. The van der Waals surface area contributed by atoms with Crippen LogP contribution in [0.15, 0.2) is 34.9 Å². The first kappa shape index (κ1) is 9.26. The molecule has 0 atom stereocenters. The molecule has 0 aliphatic heterocycles. The Labute approximate surface area is 85.1 Å². The largest absolute Gasteiger partial charge is 0.477 e. The van der Waals surface area contributed by atoms with Crippen LogP contribution in [-0.2, 0) is 0 Å². The van der Waals surface area contributed by atoms with Gasteiger partial charge in [0.15, 0.2) is 5.56 Å². The maximum Gasteiger partial charge on any atom is 0.343 e. The summed E-state index contributed by atoms with van der Waals surface area (Å²) in [4.78, 5) is 10.9. The first-order valence-corrected chi connectivity index (χ1v) is 4.24. The van der Waals surface area contributed by atoms with Crippen molar-refractivity contribution < 1.29 is 14.4 Å². The molecular formula is C10H8N2O3. The third-order valence-corrected chi connectivity index (χ3v) is 1.98. The van der Waals surface area contributed by atoms with Crippen LogP contribution in [0, 0.1) is 0 Å². The second-order valence-electron chi connectivity index (χ2n) is 2.94. The number of carbonyl (C=O) groups is 1. The van der Waals surface area contributed by atoms with Crippen LogP contribution in [0.2, 0.25) is 0 Å². The molecule has 0 spiro atoms. The molecule has 3 N–H and O–H groups in total. The van der Waals surface area contributed by atoms with Gasteiger partial charge in [0.25, 0.3) is 0 Å². The fraction of sp³-hybridized carbons (Fsp3) is 0. The summed E-state index contributed by atoms with van der Waals surface area (Å²) in [6.07, 6.45) is 0. The highest BCUT2D eigenvalue weighted by Crippen LogP contribution is 2.26. The standard InChI is InChI=1S/C10H8N2O3/c11-9-7(10(13)14)8(12-15-9)6-4-2-1-3-5-6/h1-5H,11H2,(H,13,14). The molecule has 0 aliphatic rings. The minimum atomic E-state index is -1.15. The van der Waals surface area contributed by atoms with Crippen LogP contribution < -0.4 is 5.73 Å². The molecule has 0 saturated carbocycles. The van der Waals surface area contributed by atoms with Gasteiger partial charge in [-0.25, -0.2) is 4.79 Å². The molecule has 15 heavy (non-hydrogen) atoms. The third-order valence-electron chi connectivity index (χ3n) is 1.98. The van der Waals surface area contributed by atoms with Gasteiger partial charge in [-0.2, -0.15) is 0 Å². The Morgan fingerprint density at radius 3 is 2.60 bits per heavy atom. The molecular weight excluding hydrogens is 196 g/mol. The fourth-order valence-corrected chi connectivity index (χ4v) is 1.30. The van der Waals surface area contributed by atoms with Gasteiger partial charge in [-0.1, -0.05) is 35.5 Å². The van der Waals surface area contributed by atoms with E-state index in [1.165, 1.54) is 0 Å². The molecule has 1 aromatic heterocycles. The Morgan fingerprint density at radius 2 is 2.00 bits per heavy atom. The van der Waals surface area contributed by atoms with E-state index in [0.29, 0.717) is 5.56 Å². The molecule has 0 bridgehead atoms. The highest BCUT2D eigenvalue weighted by Gasteiger charge is 2.21. The SMILES string of the molecule is Nc1onc(-c2ccccc2)c1C(=O)O. The smallest absolute Gasteiger partial charge is 0.343 e. The van der Waals surface area contributed by atoms with E-state index in [-0.39, 0.29) is 17.1 Å². The van der Waals surface area contributed by atoms with Crippen molar-refractivity contribution in [3.05, 3.63) is 35.9 Å². The summed E-state index contributed by atoms with van der Waals surface area (Å²) < 4.78 is 4.66. The topological polar surface area (TPSA) is 89.4 Å². The highest BCUT2D eigenvalue weighted by molar-refractivity contribution is 5.98. The number of aromatic carboxylic acids is 1. The van der Waals surface area contributed by atoms with Gasteiger partial charge in [-0.3, -0.25) is 0 Å². The van der Waals surface area contributed by atoms with E-state index in [0.717, 1.165) is 0 Å². The second kappa shape index (κ2) is 3.45.